The molecule has 0 unspecified atom stereocenters. The molecule has 2 heterocycles. The molecule has 134 valence electrons. The minimum absolute atomic E-state index is 0.112. The first-order chi connectivity index (χ1) is 12.7. The number of amides is 1. The number of methoxy groups -OCH3 is 1. The van der Waals surface area contributed by atoms with Crippen molar-refractivity contribution in [2.75, 3.05) is 7.11 Å². The van der Waals surface area contributed by atoms with Crippen LogP contribution in [0.25, 0.3) is 5.69 Å². The van der Waals surface area contributed by atoms with Crippen molar-refractivity contribution < 1.29 is 14.3 Å². The molecule has 0 aliphatic heterocycles. The van der Waals surface area contributed by atoms with Gasteiger partial charge < -0.3 is 10.1 Å². The second kappa shape index (κ2) is 8.44. The number of thiophene rings is 1. The Morgan fingerprint density at radius 2 is 2.04 bits per heavy atom. The SMILES string of the molecule is COC(=O)C[C@H](NC(=O)Cc1ccc(-n2cccn2)cc1)c1cccs1. The van der Waals surface area contributed by atoms with Crippen molar-refractivity contribution in [3.05, 3.63) is 70.7 Å². The number of carbonyl (C=O) groups is 2. The van der Waals surface area contributed by atoms with E-state index in [1.54, 1.807) is 10.9 Å². The zero-order chi connectivity index (χ0) is 18.4. The van der Waals surface area contributed by atoms with E-state index in [1.807, 2.05) is 54.0 Å². The number of esters is 1. The molecule has 1 atom stereocenters. The first-order valence-corrected chi connectivity index (χ1v) is 9.02. The van der Waals surface area contributed by atoms with Gasteiger partial charge in [-0.05, 0) is 35.2 Å². The maximum atomic E-state index is 12.4. The van der Waals surface area contributed by atoms with E-state index in [1.165, 1.54) is 18.4 Å². The van der Waals surface area contributed by atoms with Crippen LogP contribution in [0.1, 0.15) is 22.9 Å². The van der Waals surface area contributed by atoms with Gasteiger partial charge in [0.1, 0.15) is 0 Å². The number of benzene rings is 1. The Morgan fingerprint density at radius 3 is 2.65 bits per heavy atom. The molecule has 3 aromatic rings. The Kier molecular flexibility index (Phi) is 5.80. The first-order valence-electron chi connectivity index (χ1n) is 8.14. The molecule has 0 bridgehead atoms. The second-order valence-electron chi connectivity index (χ2n) is 5.71. The van der Waals surface area contributed by atoms with Gasteiger partial charge in [-0.3, -0.25) is 9.59 Å². The summed E-state index contributed by atoms with van der Waals surface area (Å²) in [5.74, 6) is -0.494. The van der Waals surface area contributed by atoms with Gasteiger partial charge in [-0.1, -0.05) is 18.2 Å². The molecule has 0 spiro atoms. The normalized spacial score (nSPS) is 11.7. The van der Waals surface area contributed by atoms with Crippen molar-refractivity contribution in [1.29, 1.82) is 0 Å². The van der Waals surface area contributed by atoms with Gasteiger partial charge in [0, 0.05) is 17.3 Å². The lowest BCUT2D eigenvalue weighted by atomic mass is 10.1. The molecule has 0 saturated heterocycles. The highest BCUT2D eigenvalue weighted by Gasteiger charge is 2.20. The number of rotatable bonds is 7. The van der Waals surface area contributed by atoms with Crippen molar-refractivity contribution >= 4 is 23.2 Å². The van der Waals surface area contributed by atoms with Crippen LogP contribution in [0.4, 0.5) is 0 Å². The lowest BCUT2D eigenvalue weighted by molar-refractivity contribution is -0.141. The summed E-state index contributed by atoms with van der Waals surface area (Å²) >= 11 is 1.50. The molecule has 6 nitrogen and oxygen atoms in total. The van der Waals surface area contributed by atoms with Gasteiger partial charge in [-0.2, -0.15) is 5.10 Å². The summed E-state index contributed by atoms with van der Waals surface area (Å²) in [4.78, 5) is 25.0. The maximum absolute atomic E-state index is 12.4. The van der Waals surface area contributed by atoms with E-state index in [0.29, 0.717) is 0 Å². The highest BCUT2D eigenvalue weighted by atomic mass is 32.1. The Bertz CT molecular complexity index is 843. The molecular formula is C19H19N3O3S. The van der Waals surface area contributed by atoms with Gasteiger partial charge >= 0.3 is 5.97 Å². The van der Waals surface area contributed by atoms with Crippen LogP contribution in [-0.2, 0) is 20.7 Å². The summed E-state index contributed by atoms with van der Waals surface area (Å²) in [6, 6.07) is 12.9. The molecule has 3 rings (SSSR count). The molecule has 0 saturated carbocycles. The average Bonchev–Trinajstić information content (AvgIpc) is 3.35. The van der Waals surface area contributed by atoms with Crippen molar-refractivity contribution in [2.45, 2.75) is 18.9 Å². The monoisotopic (exact) mass is 369 g/mol. The quantitative estimate of drug-likeness (QED) is 0.650. The zero-order valence-corrected chi connectivity index (χ0v) is 15.1. The number of ether oxygens (including phenoxy) is 1. The minimum atomic E-state index is -0.377. The fourth-order valence-electron chi connectivity index (χ4n) is 2.58. The number of nitrogens with zero attached hydrogens (tertiary/aromatic N) is 2. The van der Waals surface area contributed by atoms with Crippen LogP contribution >= 0.6 is 11.3 Å². The van der Waals surface area contributed by atoms with Crippen molar-refractivity contribution in [2.24, 2.45) is 0 Å². The van der Waals surface area contributed by atoms with Gasteiger partial charge in [0.05, 0.1) is 31.7 Å². The maximum Gasteiger partial charge on any atom is 0.307 e. The zero-order valence-electron chi connectivity index (χ0n) is 14.3. The smallest absolute Gasteiger partial charge is 0.307 e. The minimum Gasteiger partial charge on any atom is -0.469 e. The van der Waals surface area contributed by atoms with Gasteiger partial charge in [0.2, 0.25) is 5.91 Å². The lowest BCUT2D eigenvalue weighted by Gasteiger charge is -2.16. The molecule has 7 heteroatoms. The van der Waals surface area contributed by atoms with Gasteiger partial charge in [-0.25, -0.2) is 4.68 Å². The summed E-state index contributed by atoms with van der Waals surface area (Å²) in [5, 5.41) is 9.02. The molecule has 0 fully saturated rings. The Labute approximate surface area is 155 Å². The van der Waals surface area contributed by atoms with Crippen LogP contribution in [-0.4, -0.2) is 28.8 Å². The third kappa shape index (κ3) is 4.58. The van der Waals surface area contributed by atoms with Gasteiger partial charge in [0.25, 0.3) is 0 Å². The number of hydrogen-bond donors (Lipinski definition) is 1. The van der Waals surface area contributed by atoms with E-state index in [2.05, 4.69) is 10.4 Å². The van der Waals surface area contributed by atoms with Crippen LogP contribution in [0.2, 0.25) is 0 Å². The molecule has 1 aromatic carbocycles. The van der Waals surface area contributed by atoms with Gasteiger partial charge in [-0.15, -0.1) is 11.3 Å². The van der Waals surface area contributed by atoms with Crippen LogP contribution in [0.5, 0.6) is 0 Å². The van der Waals surface area contributed by atoms with Crippen LogP contribution in [0.15, 0.2) is 60.2 Å². The predicted molar refractivity (Wildman–Crippen MR) is 99.1 cm³/mol. The Morgan fingerprint density at radius 1 is 1.23 bits per heavy atom. The summed E-state index contributed by atoms with van der Waals surface area (Å²) in [6.07, 6.45) is 3.93. The number of nitrogens with one attached hydrogen (secondary N) is 1. The Balaban J connectivity index is 1.63. The standard InChI is InChI=1S/C19H19N3O3S/c1-25-19(24)13-16(17-4-2-11-26-17)21-18(23)12-14-5-7-15(8-6-14)22-10-3-9-20-22/h2-11,16H,12-13H2,1H3,(H,21,23)/t16-/m0/s1. The van der Waals surface area contributed by atoms with E-state index >= 15 is 0 Å². The summed E-state index contributed by atoms with van der Waals surface area (Å²) in [5.41, 5.74) is 1.82. The fraction of sp³-hybridized carbons (Fsp3) is 0.211. The molecule has 0 aliphatic carbocycles. The van der Waals surface area contributed by atoms with E-state index in [4.69, 9.17) is 4.74 Å². The Hall–Kier alpha value is -2.93. The second-order valence-corrected chi connectivity index (χ2v) is 6.69. The van der Waals surface area contributed by atoms with Crippen molar-refractivity contribution in [3.63, 3.8) is 0 Å². The summed E-state index contributed by atoms with van der Waals surface area (Å²) in [6.45, 7) is 0. The summed E-state index contributed by atoms with van der Waals surface area (Å²) < 4.78 is 6.49. The van der Waals surface area contributed by atoms with E-state index in [0.717, 1.165) is 16.1 Å². The average molecular weight is 369 g/mol. The summed E-state index contributed by atoms with van der Waals surface area (Å²) in [7, 11) is 1.34. The molecule has 26 heavy (non-hydrogen) atoms. The van der Waals surface area contributed by atoms with E-state index in [-0.39, 0.29) is 30.8 Å². The molecule has 0 radical (unpaired) electrons. The third-order valence-electron chi connectivity index (χ3n) is 3.89. The van der Waals surface area contributed by atoms with Crippen LogP contribution in [0, 0.1) is 0 Å². The van der Waals surface area contributed by atoms with Crippen molar-refractivity contribution in [3.8, 4) is 5.69 Å². The fourth-order valence-corrected chi connectivity index (χ4v) is 3.36. The van der Waals surface area contributed by atoms with Crippen LogP contribution in [0.3, 0.4) is 0 Å². The number of aromatic nitrogens is 2. The van der Waals surface area contributed by atoms with E-state index < -0.39 is 0 Å². The van der Waals surface area contributed by atoms with E-state index in [9.17, 15) is 9.59 Å². The van der Waals surface area contributed by atoms with Gasteiger partial charge in [0.15, 0.2) is 0 Å². The number of hydrogen-bond acceptors (Lipinski definition) is 5. The molecule has 1 amide bonds. The lowest BCUT2D eigenvalue weighted by Crippen LogP contribution is -2.31. The molecule has 0 aliphatic rings. The molecule has 1 N–H and O–H groups in total. The topological polar surface area (TPSA) is 73.2 Å². The number of carbonyl (C=O) groups excluding carboxylic acids is 2. The largest absolute Gasteiger partial charge is 0.469 e. The van der Waals surface area contributed by atoms with Crippen molar-refractivity contribution in [1.82, 2.24) is 15.1 Å². The van der Waals surface area contributed by atoms with Crippen LogP contribution < -0.4 is 5.32 Å². The molecule has 2 aromatic heterocycles. The highest BCUT2D eigenvalue weighted by molar-refractivity contribution is 7.10. The third-order valence-corrected chi connectivity index (χ3v) is 4.88. The molecular weight excluding hydrogens is 350 g/mol. The highest BCUT2D eigenvalue weighted by Crippen LogP contribution is 2.22. The first kappa shape index (κ1) is 17.9. The predicted octanol–water partition coefficient (Wildman–Crippen LogP) is 2.90.